The van der Waals surface area contributed by atoms with Gasteiger partial charge >= 0.3 is 11.9 Å². The van der Waals surface area contributed by atoms with E-state index in [0.717, 1.165) is 96.0 Å². The normalized spacial score (nSPS) is 11.7. The van der Waals surface area contributed by atoms with Crippen LogP contribution in [0.1, 0.15) is 73.2 Å². The summed E-state index contributed by atoms with van der Waals surface area (Å²) in [5, 5.41) is 60.2. The van der Waals surface area contributed by atoms with Crippen molar-refractivity contribution in [2.24, 2.45) is 0 Å². The van der Waals surface area contributed by atoms with Crippen LogP contribution in [0.2, 0.25) is 0 Å². The molecule has 0 amide bonds. The highest BCUT2D eigenvalue weighted by atomic mass is 32.1. The molecule has 0 radical (unpaired) electrons. The van der Waals surface area contributed by atoms with Gasteiger partial charge in [0.25, 0.3) is 0 Å². The molecular weight excluding hydrogens is 1220 g/mol. The summed E-state index contributed by atoms with van der Waals surface area (Å²) in [5.74, 6) is 2.37. The van der Waals surface area contributed by atoms with Crippen LogP contribution in [0.5, 0.6) is 51.7 Å². The standard InChI is InChI=1S/C25H19FO3S.C25H21NO4S.C25H20O5S/c1-15-13-18(26)7-11-21(15)25-24(22-12-8-19(28)14-23(22)30-25)29-20-9-5-17(6-10-20)4-3-16(2)27;1-15(2)19-5-3-4-6-20(19)25-24(21-11-9-17(27)13-22(21)31-25)30-18-10-7-16(26-14-18)8-12-23(28)29;1-15(26)19-4-2-3-5-20(19)25-24(21-12-9-17(27)14-22(21)31-25)30-18-10-6-16(7-11-18)8-13-23(28)29/h3-14,28H,1-2H3;3-15,27H,1-2H3,(H,28,29);2-15,26-27H,1H3,(H,28,29)/b4-3+;12-8+;13-8+/t;;15-/m..1/s1. The number of hydrogen-bond donors (Lipinski definition) is 6. The summed E-state index contributed by atoms with van der Waals surface area (Å²) in [4.78, 5) is 39.5. The molecule has 4 aromatic heterocycles. The number of carbonyl (C=O) groups is 3. The van der Waals surface area contributed by atoms with Crippen molar-refractivity contribution in [3.63, 3.8) is 0 Å². The van der Waals surface area contributed by atoms with E-state index in [2.05, 4.69) is 31.0 Å². The van der Waals surface area contributed by atoms with E-state index in [1.807, 2.05) is 85.8 Å². The number of fused-ring (bicyclic) bond motifs is 3. The number of phenolic OH excluding ortho intramolecular Hbond substituents is 3. The number of carbonyl (C=O) groups excluding carboxylic acids is 1. The van der Waals surface area contributed by atoms with E-state index in [4.69, 9.17) is 24.4 Å². The van der Waals surface area contributed by atoms with E-state index in [1.54, 1.807) is 109 Å². The van der Waals surface area contributed by atoms with Gasteiger partial charge in [-0.15, -0.1) is 34.0 Å². The van der Waals surface area contributed by atoms with Crippen molar-refractivity contribution in [2.45, 2.75) is 46.6 Å². The number of ketones is 1. The molecule has 0 bridgehead atoms. The van der Waals surface area contributed by atoms with Gasteiger partial charge in [-0.3, -0.25) is 9.78 Å². The molecule has 6 N–H and O–H groups in total. The Morgan fingerprint density at radius 3 is 1.35 bits per heavy atom. The third kappa shape index (κ3) is 15.6. The minimum absolute atomic E-state index is 0.0115. The number of phenols is 3. The minimum Gasteiger partial charge on any atom is -0.508 e. The number of aliphatic hydroxyl groups is 1. The van der Waals surface area contributed by atoms with Gasteiger partial charge in [-0.25, -0.2) is 14.0 Å². The lowest BCUT2D eigenvalue weighted by molar-refractivity contribution is -0.132. The lowest BCUT2D eigenvalue weighted by atomic mass is 9.96. The number of aromatic nitrogens is 1. The van der Waals surface area contributed by atoms with Crippen molar-refractivity contribution in [2.75, 3.05) is 0 Å². The van der Waals surface area contributed by atoms with Crippen LogP contribution in [-0.4, -0.2) is 53.3 Å². The van der Waals surface area contributed by atoms with Crippen molar-refractivity contribution in [1.29, 1.82) is 0 Å². The van der Waals surface area contributed by atoms with Gasteiger partial charge in [0.1, 0.15) is 40.3 Å². The van der Waals surface area contributed by atoms with Gasteiger partial charge < -0.3 is 44.8 Å². The largest absolute Gasteiger partial charge is 0.508 e. The van der Waals surface area contributed by atoms with Gasteiger partial charge in [-0.1, -0.05) is 98.8 Å². The molecule has 0 fully saturated rings. The summed E-state index contributed by atoms with van der Waals surface area (Å²) >= 11 is 4.55. The highest BCUT2D eigenvalue weighted by Crippen LogP contribution is 2.52. The topological polar surface area (TPSA) is 213 Å². The van der Waals surface area contributed by atoms with Crippen LogP contribution in [0, 0.1) is 12.7 Å². The van der Waals surface area contributed by atoms with Crippen LogP contribution >= 0.6 is 34.0 Å². The number of aryl methyl sites for hydroxylation is 1. The second kappa shape index (κ2) is 28.9. The average molecular weight is 1280 g/mol. The molecule has 0 saturated heterocycles. The summed E-state index contributed by atoms with van der Waals surface area (Å²) < 4.78 is 35.2. The fourth-order valence-electron chi connectivity index (χ4n) is 9.91. The number of pyridine rings is 1. The highest BCUT2D eigenvalue weighted by molar-refractivity contribution is 7.23. The zero-order chi connectivity index (χ0) is 65.2. The first-order valence-corrected chi connectivity index (χ1v) is 31.3. The number of aromatic hydroxyl groups is 3. The number of aliphatic carboxylic acids is 2. The Bertz CT molecular complexity index is 4570. The molecule has 0 saturated carbocycles. The number of benzene rings is 8. The second-order valence-electron chi connectivity index (χ2n) is 21.4. The number of allylic oxidation sites excluding steroid dienone is 1. The van der Waals surface area contributed by atoms with Gasteiger partial charge in [-0.05, 0) is 187 Å². The molecular formula is C75H60FNO12S3. The second-order valence-corrected chi connectivity index (χ2v) is 24.6. The first-order valence-electron chi connectivity index (χ1n) is 28.8. The third-order valence-electron chi connectivity index (χ3n) is 14.3. The zero-order valence-corrected chi connectivity index (χ0v) is 52.6. The summed E-state index contributed by atoms with van der Waals surface area (Å²) in [6.07, 6.45) is 9.26. The van der Waals surface area contributed by atoms with Crippen LogP contribution in [-0.2, 0) is 14.4 Å². The minimum atomic E-state index is -1.02. The molecule has 462 valence electrons. The SMILES string of the molecule is CC(=O)/C=C/c1ccc(Oc2c(-c3ccc(F)cc3C)sc3cc(O)ccc23)cc1.CC(C)c1ccccc1-c1sc2cc(O)ccc2c1Oc1ccc(/C=C/C(=O)O)nc1.C[C@@H](O)c1ccccc1-c1sc2cc(O)ccc2c1Oc1ccc(/C=C/C(=O)O)cc1. The Balaban J connectivity index is 0.000000151. The van der Waals surface area contributed by atoms with Gasteiger partial charge in [0.2, 0.25) is 0 Å². The summed E-state index contributed by atoms with van der Waals surface area (Å²) in [5.41, 5.74) is 7.83. The highest BCUT2D eigenvalue weighted by Gasteiger charge is 2.23. The molecule has 4 heterocycles. The predicted octanol–water partition coefficient (Wildman–Crippen LogP) is 20.0. The summed E-state index contributed by atoms with van der Waals surface area (Å²) in [6.45, 7) is 9.41. The molecule has 13 nitrogen and oxygen atoms in total. The van der Waals surface area contributed by atoms with Gasteiger partial charge in [-0.2, -0.15) is 0 Å². The Morgan fingerprint density at radius 2 is 0.913 bits per heavy atom. The first kappa shape index (κ1) is 64.3. The molecule has 92 heavy (non-hydrogen) atoms. The maximum Gasteiger partial charge on any atom is 0.328 e. The van der Waals surface area contributed by atoms with E-state index in [0.29, 0.717) is 46.1 Å². The number of thiophene rings is 3. The van der Waals surface area contributed by atoms with Gasteiger partial charge in [0.05, 0.1) is 32.6 Å². The number of carboxylic acids is 2. The smallest absolute Gasteiger partial charge is 0.328 e. The van der Waals surface area contributed by atoms with Gasteiger partial charge in [0, 0.05) is 48.0 Å². The van der Waals surface area contributed by atoms with Crippen LogP contribution in [0.3, 0.4) is 0 Å². The number of halogens is 1. The Kier molecular flexibility index (Phi) is 20.2. The Morgan fingerprint density at radius 1 is 0.489 bits per heavy atom. The quantitative estimate of drug-likeness (QED) is 0.0469. The number of rotatable bonds is 17. The molecule has 0 spiro atoms. The molecule has 0 aliphatic rings. The van der Waals surface area contributed by atoms with E-state index in [9.17, 15) is 39.2 Å². The fraction of sp³-hybridized carbons (Fsp3) is 0.0933. The van der Waals surface area contributed by atoms with Crippen molar-refractivity contribution in [3.05, 3.63) is 246 Å². The van der Waals surface area contributed by atoms with Gasteiger partial charge in [0.15, 0.2) is 23.0 Å². The average Bonchev–Trinajstić information content (AvgIpc) is 1.65. The van der Waals surface area contributed by atoms with Crippen LogP contribution in [0.15, 0.2) is 206 Å². The molecule has 1 atom stereocenters. The molecule has 12 rings (SSSR count). The lowest BCUT2D eigenvalue weighted by Crippen LogP contribution is -1.94. The third-order valence-corrected chi connectivity index (χ3v) is 17.8. The number of aliphatic hydroxyl groups excluding tert-OH is 1. The maximum absolute atomic E-state index is 13.6. The lowest BCUT2D eigenvalue weighted by Gasteiger charge is -2.13. The van der Waals surface area contributed by atoms with Crippen molar-refractivity contribution in [1.82, 2.24) is 4.98 Å². The summed E-state index contributed by atoms with van der Waals surface area (Å²) in [6, 6.07) is 54.1. The molecule has 17 heteroatoms. The molecule has 0 unspecified atom stereocenters. The van der Waals surface area contributed by atoms with E-state index in [1.165, 1.54) is 65.5 Å². The van der Waals surface area contributed by atoms with Crippen molar-refractivity contribution >= 4 is 100 Å². The van der Waals surface area contributed by atoms with E-state index < -0.39 is 18.0 Å². The molecule has 8 aromatic carbocycles. The number of nitrogens with zero attached hydrogens (tertiary/aromatic N) is 1. The number of hydrogen-bond acceptors (Lipinski definition) is 14. The van der Waals surface area contributed by atoms with Crippen LogP contribution in [0.25, 0.3) is 79.8 Å². The fourth-order valence-corrected chi connectivity index (χ4v) is 13.6. The number of carboxylic acid groups (broad SMARTS) is 2. The molecule has 12 aromatic rings. The monoisotopic (exact) mass is 1280 g/mol. The number of ether oxygens (including phenoxy) is 3. The van der Waals surface area contributed by atoms with Crippen molar-refractivity contribution < 1.29 is 63.6 Å². The van der Waals surface area contributed by atoms with E-state index in [-0.39, 0.29) is 28.8 Å². The molecule has 0 aliphatic heterocycles. The van der Waals surface area contributed by atoms with Crippen molar-refractivity contribution in [3.8, 4) is 83.1 Å². The first-order chi connectivity index (χ1) is 44.2. The molecule has 0 aliphatic carbocycles. The predicted molar refractivity (Wildman–Crippen MR) is 367 cm³/mol. The van der Waals surface area contributed by atoms with Crippen LogP contribution < -0.4 is 14.2 Å². The van der Waals surface area contributed by atoms with E-state index >= 15 is 0 Å². The maximum atomic E-state index is 13.6. The Hall–Kier alpha value is -10.7. The Labute approximate surface area is 541 Å². The zero-order valence-electron chi connectivity index (χ0n) is 50.2. The summed E-state index contributed by atoms with van der Waals surface area (Å²) in [7, 11) is 0. The van der Waals surface area contributed by atoms with Crippen LogP contribution in [0.4, 0.5) is 4.39 Å².